The molecule has 1 N–H and O–H groups in total. The summed E-state index contributed by atoms with van der Waals surface area (Å²) in [7, 11) is -3.21. The second-order valence-corrected chi connectivity index (χ2v) is 7.91. The van der Waals surface area contributed by atoms with Gasteiger partial charge in [0.25, 0.3) is 0 Å². The van der Waals surface area contributed by atoms with Crippen LogP contribution in [-0.4, -0.2) is 27.2 Å². The third kappa shape index (κ3) is 6.23. The molecule has 0 bridgehead atoms. The van der Waals surface area contributed by atoms with Crippen LogP contribution in [0.4, 0.5) is 0 Å². The molecule has 1 unspecified atom stereocenters. The van der Waals surface area contributed by atoms with Gasteiger partial charge >= 0.3 is 0 Å². The number of nitrogens with one attached hydrogen (secondary N) is 1. The zero-order chi connectivity index (χ0) is 18.3. The van der Waals surface area contributed by atoms with Crippen molar-refractivity contribution in [2.24, 2.45) is 0 Å². The largest absolute Gasteiger partial charge is 0.494 e. The van der Waals surface area contributed by atoms with Gasteiger partial charge in [0.2, 0.25) is 5.91 Å². The van der Waals surface area contributed by atoms with Crippen LogP contribution >= 0.6 is 0 Å². The van der Waals surface area contributed by atoms with Gasteiger partial charge in [0.15, 0.2) is 9.84 Å². The molecule has 0 aliphatic heterocycles. The summed E-state index contributed by atoms with van der Waals surface area (Å²) in [5, 5.41) is 2.91. The summed E-state index contributed by atoms with van der Waals surface area (Å²) >= 11 is 0. The molecule has 6 heteroatoms. The highest BCUT2D eigenvalue weighted by Crippen LogP contribution is 2.16. The maximum Gasteiger partial charge on any atom is 0.220 e. The van der Waals surface area contributed by atoms with Crippen molar-refractivity contribution < 1.29 is 17.9 Å². The summed E-state index contributed by atoms with van der Waals surface area (Å²) in [5.41, 5.74) is 0.862. The summed E-state index contributed by atoms with van der Waals surface area (Å²) in [6.45, 7) is 2.35. The number of ether oxygens (including phenoxy) is 1. The number of carbonyl (C=O) groups excluding carboxylic acids is 1. The molecule has 2 aromatic rings. The predicted molar refractivity (Wildman–Crippen MR) is 97.3 cm³/mol. The van der Waals surface area contributed by atoms with Crippen LogP contribution in [0.25, 0.3) is 0 Å². The molecular formula is C19H23NO4S. The predicted octanol–water partition coefficient (Wildman–Crippen LogP) is 3.13. The average Bonchev–Trinajstić information content (AvgIpc) is 2.59. The van der Waals surface area contributed by atoms with Gasteiger partial charge in [-0.1, -0.05) is 30.3 Å². The number of sulfone groups is 1. The SMILES string of the molecule is CC(NC(=O)CCCOc1ccccc1)c1ccc(S(C)(=O)=O)cc1. The highest BCUT2D eigenvalue weighted by molar-refractivity contribution is 7.90. The van der Waals surface area contributed by atoms with E-state index in [1.807, 2.05) is 37.3 Å². The van der Waals surface area contributed by atoms with Gasteiger partial charge < -0.3 is 10.1 Å². The van der Waals surface area contributed by atoms with Crippen molar-refractivity contribution in [2.45, 2.75) is 30.7 Å². The molecule has 0 spiro atoms. The van der Waals surface area contributed by atoms with Gasteiger partial charge in [-0.3, -0.25) is 4.79 Å². The van der Waals surface area contributed by atoms with Gasteiger partial charge in [-0.2, -0.15) is 0 Å². The van der Waals surface area contributed by atoms with E-state index >= 15 is 0 Å². The zero-order valence-electron chi connectivity index (χ0n) is 14.4. The van der Waals surface area contributed by atoms with Crippen LogP contribution in [0.1, 0.15) is 31.4 Å². The van der Waals surface area contributed by atoms with E-state index in [9.17, 15) is 13.2 Å². The van der Waals surface area contributed by atoms with Gasteiger partial charge in [0.05, 0.1) is 17.5 Å². The maximum absolute atomic E-state index is 12.0. The number of hydrogen-bond acceptors (Lipinski definition) is 4. The second-order valence-electron chi connectivity index (χ2n) is 5.90. The molecule has 5 nitrogen and oxygen atoms in total. The van der Waals surface area contributed by atoms with Crippen molar-refractivity contribution in [1.82, 2.24) is 5.32 Å². The Morgan fingerprint density at radius 2 is 1.72 bits per heavy atom. The molecule has 0 fully saturated rings. The Morgan fingerprint density at radius 3 is 2.32 bits per heavy atom. The van der Waals surface area contributed by atoms with E-state index in [-0.39, 0.29) is 16.8 Å². The van der Waals surface area contributed by atoms with Gasteiger partial charge in [0, 0.05) is 12.7 Å². The Kier molecular flexibility index (Phi) is 6.58. The number of amides is 1. The van der Waals surface area contributed by atoms with Crippen LogP contribution in [0.15, 0.2) is 59.5 Å². The van der Waals surface area contributed by atoms with Gasteiger partial charge in [0.1, 0.15) is 5.75 Å². The Morgan fingerprint density at radius 1 is 1.08 bits per heavy atom. The number of carbonyl (C=O) groups is 1. The van der Waals surface area contributed by atoms with Crippen LogP contribution in [0.5, 0.6) is 5.75 Å². The van der Waals surface area contributed by atoms with E-state index < -0.39 is 9.84 Å². The summed E-state index contributed by atoms with van der Waals surface area (Å²) in [6, 6.07) is 15.9. The first kappa shape index (κ1) is 19.0. The fourth-order valence-corrected chi connectivity index (χ4v) is 2.97. The standard InChI is InChI=1S/C19H23NO4S/c1-15(16-10-12-18(13-11-16)25(2,22)23)20-19(21)9-6-14-24-17-7-4-3-5-8-17/h3-5,7-8,10-13,15H,6,9,14H2,1-2H3,(H,20,21). The summed E-state index contributed by atoms with van der Waals surface area (Å²) in [4.78, 5) is 12.3. The summed E-state index contributed by atoms with van der Waals surface area (Å²) < 4.78 is 28.5. The second kappa shape index (κ2) is 8.67. The topological polar surface area (TPSA) is 72.5 Å². The lowest BCUT2D eigenvalue weighted by Crippen LogP contribution is -2.26. The minimum Gasteiger partial charge on any atom is -0.494 e. The molecule has 0 aliphatic carbocycles. The molecule has 0 radical (unpaired) electrons. The van der Waals surface area contributed by atoms with E-state index in [2.05, 4.69) is 5.32 Å². The van der Waals surface area contributed by atoms with Crippen LogP contribution in [0.3, 0.4) is 0 Å². The quantitative estimate of drug-likeness (QED) is 0.733. The molecule has 1 amide bonds. The van der Waals surface area contributed by atoms with Crippen molar-refractivity contribution in [3.05, 3.63) is 60.2 Å². The highest BCUT2D eigenvalue weighted by atomic mass is 32.2. The van der Waals surface area contributed by atoms with Crippen molar-refractivity contribution in [2.75, 3.05) is 12.9 Å². The minimum absolute atomic E-state index is 0.0589. The lowest BCUT2D eigenvalue weighted by molar-refractivity contribution is -0.121. The Hall–Kier alpha value is -2.34. The van der Waals surface area contributed by atoms with Crippen molar-refractivity contribution >= 4 is 15.7 Å². The molecule has 0 heterocycles. The van der Waals surface area contributed by atoms with E-state index in [0.717, 1.165) is 11.3 Å². The molecule has 0 aromatic heterocycles. The maximum atomic E-state index is 12.0. The fraction of sp³-hybridized carbons (Fsp3) is 0.316. The van der Waals surface area contributed by atoms with Crippen molar-refractivity contribution in [1.29, 1.82) is 0 Å². The summed E-state index contributed by atoms with van der Waals surface area (Å²) in [5.74, 6) is 0.735. The van der Waals surface area contributed by atoms with Gasteiger partial charge in [-0.05, 0) is 43.2 Å². The van der Waals surface area contributed by atoms with E-state index in [1.165, 1.54) is 6.26 Å². The monoisotopic (exact) mass is 361 g/mol. The van der Waals surface area contributed by atoms with E-state index in [4.69, 9.17) is 4.74 Å². The third-order valence-electron chi connectivity index (χ3n) is 3.75. The first-order valence-electron chi connectivity index (χ1n) is 8.13. The van der Waals surface area contributed by atoms with Crippen LogP contribution in [-0.2, 0) is 14.6 Å². The normalized spacial score (nSPS) is 12.4. The molecule has 0 saturated heterocycles. The first-order valence-corrected chi connectivity index (χ1v) is 10.0. The summed E-state index contributed by atoms with van der Waals surface area (Å²) in [6.07, 6.45) is 2.17. The fourth-order valence-electron chi connectivity index (χ4n) is 2.34. The smallest absolute Gasteiger partial charge is 0.220 e. The van der Waals surface area contributed by atoms with Gasteiger partial charge in [-0.15, -0.1) is 0 Å². The average molecular weight is 361 g/mol. The molecule has 0 aliphatic rings. The first-order chi connectivity index (χ1) is 11.9. The number of benzene rings is 2. The lowest BCUT2D eigenvalue weighted by atomic mass is 10.1. The molecule has 1 atom stereocenters. The number of hydrogen-bond donors (Lipinski definition) is 1. The van der Waals surface area contributed by atoms with E-state index in [0.29, 0.717) is 19.4 Å². The Balaban J connectivity index is 1.76. The molecule has 0 saturated carbocycles. The molecule has 2 aromatic carbocycles. The van der Waals surface area contributed by atoms with Crippen LogP contribution in [0, 0.1) is 0 Å². The molecule has 134 valence electrons. The van der Waals surface area contributed by atoms with Crippen LogP contribution < -0.4 is 10.1 Å². The molecule has 25 heavy (non-hydrogen) atoms. The number of rotatable bonds is 8. The van der Waals surface area contributed by atoms with Crippen molar-refractivity contribution in [3.63, 3.8) is 0 Å². The zero-order valence-corrected chi connectivity index (χ0v) is 15.3. The molecular weight excluding hydrogens is 338 g/mol. The lowest BCUT2D eigenvalue weighted by Gasteiger charge is -2.15. The molecule has 2 rings (SSSR count). The van der Waals surface area contributed by atoms with E-state index in [1.54, 1.807) is 24.3 Å². The van der Waals surface area contributed by atoms with Gasteiger partial charge in [-0.25, -0.2) is 8.42 Å². The highest BCUT2D eigenvalue weighted by Gasteiger charge is 2.11. The Bertz CT molecular complexity index is 786. The minimum atomic E-state index is -3.21. The third-order valence-corrected chi connectivity index (χ3v) is 4.87. The number of para-hydroxylation sites is 1. The van der Waals surface area contributed by atoms with Crippen LogP contribution in [0.2, 0.25) is 0 Å². The Labute approximate surface area is 148 Å². The van der Waals surface area contributed by atoms with Crippen molar-refractivity contribution in [3.8, 4) is 5.75 Å².